The van der Waals surface area contributed by atoms with Gasteiger partial charge in [0.2, 0.25) is 11.8 Å². The number of amides is 2. The van der Waals surface area contributed by atoms with Crippen molar-refractivity contribution in [1.29, 1.82) is 0 Å². The molecule has 8 nitrogen and oxygen atoms in total. The summed E-state index contributed by atoms with van der Waals surface area (Å²) in [7, 11) is -2.74. The monoisotopic (exact) mass is 647 g/mol. The topological polar surface area (TPSA) is 96.0 Å². The Hall–Kier alpha value is -4.34. The first-order valence-electron chi connectivity index (χ1n) is 14.5. The van der Waals surface area contributed by atoms with E-state index in [0.29, 0.717) is 16.3 Å². The molecule has 0 saturated carbocycles. The maximum Gasteiger partial charge on any atom is 0.264 e. The van der Waals surface area contributed by atoms with Gasteiger partial charge in [-0.1, -0.05) is 84.4 Å². The van der Waals surface area contributed by atoms with Crippen LogP contribution in [0.1, 0.15) is 31.9 Å². The van der Waals surface area contributed by atoms with E-state index in [1.165, 1.54) is 24.1 Å². The average Bonchev–Trinajstić information content (AvgIpc) is 3.02. The van der Waals surface area contributed by atoms with E-state index in [-0.39, 0.29) is 29.5 Å². The van der Waals surface area contributed by atoms with Crippen LogP contribution in [-0.4, -0.2) is 50.4 Å². The molecular weight excluding hydrogens is 610 g/mol. The van der Waals surface area contributed by atoms with Crippen LogP contribution in [0.4, 0.5) is 5.69 Å². The highest BCUT2D eigenvalue weighted by Crippen LogP contribution is 2.28. The van der Waals surface area contributed by atoms with Crippen LogP contribution in [0.2, 0.25) is 5.02 Å². The summed E-state index contributed by atoms with van der Waals surface area (Å²) >= 11 is 6.55. The highest BCUT2D eigenvalue weighted by molar-refractivity contribution is 7.92. The molecule has 2 amide bonds. The van der Waals surface area contributed by atoms with Crippen LogP contribution in [0.15, 0.2) is 114 Å². The van der Waals surface area contributed by atoms with Gasteiger partial charge in [0.05, 0.1) is 17.7 Å². The molecule has 0 spiro atoms. The highest BCUT2D eigenvalue weighted by Gasteiger charge is 2.36. The van der Waals surface area contributed by atoms with E-state index in [1.807, 2.05) is 51.1 Å². The number of sulfonamides is 1. The first-order valence-corrected chi connectivity index (χ1v) is 16.3. The van der Waals surface area contributed by atoms with E-state index in [0.717, 1.165) is 9.87 Å². The molecule has 0 aliphatic carbocycles. The molecule has 1 atom stereocenters. The second-order valence-electron chi connectivity index (χ2n) is 11.6. The SMILES string of the molecule is COc1cccc(N(CC(=O)N(Cc2ccccc2Cl)C(Cc2ccccc2)C(=O)NC(C)(C)C)S(=O)(=O)c2ccccc2)c1. The number of methoxy groups -OCH3 is 1. The minimum Gasteiger partial charge on any atom is -0.497 e. The summed E-state index contributed by atoms with van der Waals surface area (Å²) in [5, 5.41) is 3.44. The minimum atomic E-state index is -4.22. The van der Waals surface area contributed by atoms with Gasteiger partial charge in [-0.25, -0.2) is 8.42 Å². The van der Waals surface area contributed by atoms with Gasteiger partial charge in [-0.3, -0.25) is 13.9 Å². The summed E-state index contributed by atoms with van der Waals surface area (Å²) in [6.07, 6.45) is 0.198. The summed E-state index contributed by atoms with van der Waals surface area (Å²) in [6.45, 7) is 4.98. The highest BCUT2D eigenvalue weighted by atomic mass is 35.5. The number of ether oxygens (including phenoxy) is 1. The number of hydrogen-bond donors (Lipinski definition) is 1. The summed E-state index contributed by atoms with van der Waals surface area (Å²) < 4.78 is 34.6. The zero-order valence-electron chi connectivity index (χ0n) is 25.8. The molecular formula is C35H38ClN3O5S. The van der Waals surface area contributed by atoms with E-state index in [4.69, 9.17) is 16.3 Å². The Kier molecular flexibility index (Phi) is 10.9. The van der Waals surface area contributed by atoms with Crippen LogP contribution in [-0.2, 0) is 32.6 Å². The molecule has 0 aromatic heterocycles. The van der Waals surface area contributed by atoms with Gasteiger partial charge >= 0.3 is 0 Å². The number of benzene rings is 4. The lowest BCUT2D eigenvalue weighted by atomic mass is 10.0. The summed E-state index contributed by atoms with van der Waals surface area (Å²) in [5.74, 6) is -0.527. The molecule has 0 fully saturated rings. The Morgan fingerprint density at radius 2 is 1.49 bits per heavy atom. The van der Waals surface area contributed by atoms with Crippen molar-refractivity contribution in [2.45, 2.75) is 50.2 Å². The maximum atomic E-state index is 14.5. The van der Waals surface area contributed by atoms with E-state index in [1.54, 1.807) is 66.7 Å². The normalized spacial score (nSPS) is 12.2. The Bertz CT molecular complexity index is 1710. The number of anilines is 1. The van der Waals surface area contributed by atoms with Crippen molar-refractivity contribution < 1.29 is 22.7 Å². The van der Waals surface area contributed by atoms with E-state index in [2.05, 4.69) is 5.32 Å². The van der Waals surface area contributed by atoms with Gasteiger partial charge in [0, 0.05) is 29.6 Å². The number of nitrogens with one attached hydrogen (secondary N) is 1. The Labute approximate surface area is 270 Å². The van der Waals surface area contributed by atoms with Crippen molar-refractivity contribution in [2.75, 3.05) is 18.0 Å². The average molecular weight is 648 g/mol. The van der Waals surface area contributed by atoms with Crippen molar-refractivity contribution in [3.63, 3.8) is 0 Å². The molecule has 0 heterocycles. The predicted octanol–water partition coefficient (Wildman–Crippen LogP) is 6.10. The van der Waals surface area contributed by atoms with Crippen LogP contribution in [0.3, 0.4) is 0 Å². The Morgan fingerprint density at radius 3 is 2.11 bits per heavy atom. The predicted molar refractivity (Wildman–Crippen MR) is 178 cm³/mol. The molecule has 10 heteroatoms. The van der Waals surface area contributed by atoms with Gasteiger partial charge < -0.3 is 15.0 Å². The Morgan fingerprint density at radius 1 is 0.867 bits per heavy atom. The van der Waals surface area contributed by atoms with Crippen molar-refractivity contribution in [2.24, 2.45) is 0 Å². The van der Waals surface area contributed by atoms with E-state index < -0.39 is 34.1 Å². The second kappa shape index (κ2) is 14.6. The van der Waals surface area contributed by atoms with Crippen molar-refractivity contribution >= 4 is 39.1 Å². The first kappa shape index (κ1) is 33.6. The van der Waals surface area contributed by atoms with Gasteiger partial charge in [-0.2, -0.15) is 0 Å². The van der Waals surface area contributed by atoms with E-state index >= 15 is 0 Å². The van der Waals surface area contributed by atoms with Crippen molar-refractivity contribution in [3.8, 4) is 5.75 Å². The molecule has 4 aromatic carbocycles. The Balaban J connectivity index is 1.83. The lowest BCUT2D eigenvalue weighted by Gasteiger charge is -2.35. The first-order chi connectivity index (χ1) is 21.4. The number of carbonyl (C=O) groups excluding carboxylic acids is 2. The van der Waals surface area contributed by atoms with Crippen molar-refractivity contribution in [1.82, 2.24) is 10.2 Å². The second-order valence-corrected chi connectivity index (χ2v) is 13.9. The molecule has 236 valence electrons. The molecule has 0 radical (unpaired) electrons. The third-order valence-corrected chi connectivity index (χ3v) is 9.18. The lowest BCUT2D eigenvalue weighted by molar-refractivity contribution is -0.140. The van der Waals surface area contributed by atoms with Crippen LogP contribution in [0.25, 0.3) is 0 Å². The molecule has 0 saturated heterocycles. The van der Waals surface area contributed by atoms with Gasteiger partial charge in [0.25, 0.3) is 10.0 Å². The minimum absolute atomic E-state index is 0.0181. The molecule has 4 aromatic rings. The molecule has 1 unspecified atom stereocenters. The van der Waals surface area contributed by atoms with Gasteiger partial charge in [0.15, 0.2) is 0 Å². The molecule has 0 aliphatic heterocycles. The zero-order valence-corrected chi connectivity index (χ0v) is 27.4. The number of hydrogen-bond acceptors (Lipinski definition) is 5. The third kappa shape index (κ3) is 8.86. The number of carbonyl (C=O) groups is 2. The smallest absolute Gasteiger partial charge is 0.264 e. The largest absolute Gasteiger partial charge is 0.497 e. The van der Waals surface area contributed by atoms with E-state index in [9.17, 15) is 18.0 Å². The quantitative estimate of drug-likeness (QED) is 0.201. The third-order valence-electron chi connectivity index (χ3n) is 7.02. The van der Waals surface area contributed by atoms with Gasteiger partial charge in [-0.05, 0) is 62.2 Å². The number of halogens is 1. The molecule has 0 bridgehead atoms. The number of nitrogens with zero attached hydrogens (tertiary/aromatic N) is 2. The fourth-order valence-corrected chi connectivity index (χ4v) is 6.45. The zero-order chi connectivity index (χ0) is 32.6. The van der Waals surface area contributed by atoms with Gasteiger partial charge in [-0.15, -0.1) is 0 Å². The van der Waals surface area contributed by atoms with Crippen LogP contribution in [0.5, 0.6) is 5.75 Å². The van der Waals surface area contributed by atoms with Crippen LogP contribution in [0, 0.1) is 0 Å². The molecule has 1 N–H and O–H groups in total. The summed E-state index contributed by atoms with van der Waals surface area (Å²) in [6, 6.07) is 29.9. The summed E-state index contributed by atoms with van der Waals surface area (Å²) in [5.41, 5.74) is 1.11. The van der Waals surface area contributed by atoms with Crippen LogP contribution >= 0.6 is 11.6 Å². The summed E-state index contributed by atoms with van der Waals surface area (Å²) in [4.78, 5) is 29.9. The molecule has 0 aliphatic rings. The lowest BCUT2D eigenvalue weighted by Crippen LogP contribution is -2.56. The van der Waals surface area contributed by atoms with Gasteiger partial charge in [0.1, 0.15) is 18.3 Å². The molecule has 4 rings (SSSR count). The van der Waals surface area contributed by atoms with Crippen LogP contribution < -0.4 is 14.4 Å². The fraction of sp³-hybridized carbons (Fsp3) is 0.257. The van der Waals surface area contributed by atoms with Crippen molar-refractivity contribution in [3.05, 3.63) is 125 Å². The molecule has 45 heavy (non-hydrogen) atoms. The fourth-order valence-electron chi connectivity index (χ4n) is 4.83. The maximum absolute atomic E-state index is 14.5. The number of rotatable bonds is 12. The standard InChI is InChI=1S/C35H38ClN3O5S/c1-35(2,3)37-34(41)32(22-26-14-7-5-8-15-26)38(24-27-16-11-12-21-31(27)36)33(40)25-39(28-17-13-18-29(23-28)44-4)45(42,43)30-19-9-6-10-20-30/h5-21,23,32H,22,24-25H2,1-4H3,(H,37,41).